The lowest BCUT2D eigenvalue weighted by Gasteiger charge is -2.67. The van der Waals surface area contributed by atoms with Crippen LogP contribution in [0.15, 0.2) is 47.6 Å². The van der Waals surface area contributed by atoms with Gasteiger partial charge in [0.05, 0.1) is 5.41 Å². The van der Waals surface area contributed by atoms with Crippen molar-refractivity contribution >= 4 is 11.9 Å². The van der Waals surface area contributed by atoms with Gasteiger partial charge in [-0.05, 0) is 122 Å². The topological polar surface area (TPSA) is 80.4 Å². The van der Waals surface area contributed by atoms with Gasteiger partial charge in [-0.3, -0.25) is 4.79 Å². The molecule has 3 N–H and O–H groups in total. The summed E-state index contributed by atoms with van der Waals surface area (Å²) >= 11 is 0. The van der Waals surface area contributed by atoms with Crippen LogP contribution in [0.1, 0.15) is 91.9 Å². The van der Waals surface area contributed by atoms with Crippen LogP contribution in [-0.2, 0) is 9.59 Å². The van der Waals surface area contributed by atoms with Gasteiger partial charge in [0.25, 0.3) is 0 Å². The molecule has 0 heterocycles. The van der Waals surface area contributed by atoms with Crippen LogP contribution in [0.5, 0.6) is 0 Å². The predicted molar refractivity (Wildman–Crippen MR) is 148 cm³/mol. The number of carboxylic acid groups (broad SMARTS) is 1. The Hall–Kier alpha value is -2.10. The average Bonchev–Trinajstić information content (AvgIpc) is 3.29. The van der Waals surface area contributed by atoms with E-state index in [0.717, 1.165) is 30.8 Å². The molecule has 1 amide bonds. The van der Waals surface area contributed by atoms with Crippen LogP contribution >= 0.6 is 0 Å². The van der Waals surface area contributed by atoms with Gasteiger partial charge in [0.2, 0.25) is 5.91 Å². The Labute approximate surface area is 223 Å². The highest BCUT2D eigenvalue weighted by Crippen LogP contribution is 2.71. The number of rotatable bonds is 5. The Morgan fingerprint density at radius 1 is 0.973 bits per heavy atom. The number of carbonyl (C=O) groups is 2. The maximum atomic E-state index is 12.7. The van der Waals surface area contributed by atoms with Gasteiger partial charge in [-0.15, -0.1) is 0 Å². The van der Waals surface area contributed by atoms with E-state index in [9.17, 15) is 9.59 Å². The van der Waals surface area contributed by atoms with E-state index in [4.69, 9.17) is 10.8 Å². The van der Waals surface area contributed by atoms with Crippen molar-refractivity contribution in [3.8, 4) is 0 Å². The van der Waals surface area contributed by atoms with E-state index in [0.29, 0.717) is 35.0 Å². The summed E-state index contributed by atoms with van der Waals surface area (Å²) in [6, 6.07) is 0. The number of hydrogen-bond acceptors (Lipinski definition) is 2. The number of nitrogens with two attached hydrogens (primary N) is 1. The zero-order chi connectivity index (χ0) is 26.6. The van der Waals surface area contributed by atoms with Gasteiger partial charge in [0.15, 0.2) is 0 Å². The summed E-state index contributed by atoms with van der Waals surface area (Å²) in [5.41, 5.74) is 9.00. The van der Waals surface area contributed by atoms with Crippen molar-refractivity contribution in [2.45, 2.75) is 91.9 Å². The highest BCUT2D eigenvalue weighted by Gasteiger charge is 2.65. The van der Waals surface area contributed by atoms with Crippen molar-refractivity contribution in [3.63, 3.8) is 0 Å². The van der Waals surface area contributed by atoms with Crippen LogP contribution in [-0.4, -0.2) is 17.0 Å². The van der Waals surface area contributed by atoms with Crippen molar-refractivity contribution in [2.24, 2.45) is 57.5 Å². The summed E-state index contributed by atoms with van der Waals surface area (Å²) in [4.78, 5) is 23.7. The highest BCUT2D eigenvalue weighted by molar-refractivity contribution is 5.82. The fourth-order valence-electron chi connectivity index (χ4n) is 10.9. The molecule has 37 heavy (non-hydrogen) atoms. The molecule has 0 aliphatic heterocycles. The van der Waals surface area contributed by atoms with Crippen LogP contribution in [0.4, 0.5) is 0 Å². The Balaban J connectivity index is 1.44. The fraction of sp³-hybridized carbons (Fsp3) is 0.697. The van der Waals surface area contributed by atoms with E-state index in [1.54, 1.807) is 6.08 Å². The lowest BCUT2D eigenvalue weighted by molar-refractivity contribution is -0.175. The Bertz CT molecular complexity index is 1070. The third-order valence-electron chi connectivity index (χ3n) is 12.4. The number of amides is 1. The molecule has 4 saturated carbocycles. The smallest absolute Gasteiger partial charge is 0.328 e. The van der Waals surface area contributed by atoms with E-state index in [1.807, 2.05) is 13.0 Å². The van der Waals surface area contributed by atoms with Gasteiger partial charge in [-0.25, -0.2) is 4.79 Å². The molecule has 5 rings (SSSR count). The van der Waals surface area contributed by atoms with Crippen molar-refractivity contribution < 1.29 is 14.7 Å². The molecule has 4 nitrogen and oxygen atoms in total. The third kappa shape index (κ3) is 4.00. The monoisotopic (exact) mass is 505 g/mol. The maximum Gasteiger partial charge on any atom is 0.328 e. The second kappa shape index (κ2) is 9.58. The zero-order valence-corrected chi connectivity index (χ0v) is 23.3. The highest BCUT2D eigenvalue weighted by atomic mass is 16.4. The van der Waals surface area contributed by atoms with E-state index in [1.165, 1.54) is 56.6 Å². The van der Waals surface area contributed by atoms with Crippen molar-refractivity contribution in [2.75, 3.05) is 0 Å². The van der Waals surface area contributed by atoms with E-state index < -0.39 is 5.97 Å². The van der Waals surface area contributed by atoms with Crippen LogP contribution in [0.2, 0.25) is 0 Å². The van der Waals surface area contributed by atoms with Gasteiger partial charge in [0, 0.05) is 6.08 Å². The van der Waals surface area contributed by atoms with Crippen molar-refractivity contribution in [3.05, 3.63) is 47.6 Å². The van der Waals surface area contributed by atoms with Gasteiger partial charge >= 0.3 is 5.97 Å². The molecule has 0 radical (unpaired) electrons. The number of carboxylic acids is 1. The summed E-state index contributed by atoms with van der Waals surface area (Å²) in [5, 5.41) is 9.04. The molecule has 5 aliphatic rings. The Morgan fingerprint density at radius 2 is 1.73 bits per heavy atom. The molecule has 0 bridgehead atoms. The van der Waals surface area contributed by atoms with Crippen molar-refractivity contribution in [1.82, 2.24) is 0 Å². The summed E-state index contributed by atoms with van der Waals surface area (Å²) < 4.78 is 0. The maximum absolute atomic E-state index is 12.7. The fourth-order valence-corrected chi connectivity index (χ4v) is 10.9. The first-order chi connectivity index (χ1) is 17.6. The standard InChI is InChI=1S/C33H47NO3/c1-5-8-22(9-6-11-29(35)36)23-14-18-31(3)25(21(23)2)15-19-32(4)26-16-20-33(30(34)37)17-7-10-27(33)24(26)12-13-28(31)32/h5-6,8-9,11,14,21,24-28H,7,10,12-13,15-20H2,1-4H3,(H2,34,37)(H,35,36)/b8-5-,11-6+,22-9+. The molecule has 9 unspecified atom stereocenters. The number of carbonyl (C=O) groups excluding carboxylic acids is 1. The Morgan fingerprint density at radius 3 is 2.43 bits per heavy atom. The average molecular weight is 506 g/mol. The van der Waals surface area contributed by atoms with Gasteiger partial charge in [0.1, 0.15) is 0 Å². The quantitative estimate of drug-likeness (QED) is 0.305. The van der Waals surface area contributed by atoms with Crippen LogP contribution in [0.25, 0.3) is 0 Å². The molecule has 4 heteroatoms. The van der Waals surface area contributed by atoms with Crippen molar-refractivity contribution in [1.29, 1.82) is 0 Å². The molecule has 4 fully saturated rings. The molecule has 0 saturated heterocycles. The number of primary amides is 1. The lowest BCUT2D eigenvalue weighted by Crippen LogP contribution is -2.60. The second-order valence-corrected chi connectivity index (χ2v) is 13.6. The van der Waals surface area contributed by atoms with E-state index in [2.05, 4.69) is 39.0 Å². The summed E-state index contributed by atoms with van der Waals surface area (Å²) in [6.45, 7) is 9.63. The molecule has 0 aromatic carbocycles. The molecule has 0 aromatic heterocycles. The number of hydrogen-bond donors (Lipinski definition) is 2. The predicted octanol–water partition coefficient (Wildman–Crippen LogP) is 7.23. The third-order valence-corrected chi connectivity index (χ3v) is 12.4. The second-order valence-electron chi connectivity index (χ2n) is 13.6. The SMILES string of the molecule is C\C=C/C(=C\C=C\C(=O)O)C1=CCC2(C)C(CCC3(C)C4CCC5(C(N)=O)CCCC5C4CCC23)C1C. The van der Waals surface area contributed by atoms with E-state index >= 15 is 0 Å². The summed E-state index contributed by atoms with van der Waals surface area (Å²) in [6.07, 6.45) is 23.3. The van der Waals surface area contributed by atoms with Crippen LogP contribution in [0.3, 0.4) is 0 Å². The first-order valence-corrected chi connectivity index (χ1v) is 14.8. The number of allylic oxidation sites excluding steroid dienone is 7. The lowest BCUT2D eigenvalue weighted by atomic mass is 9.38. The van der Waals surface area contributed by atoms with Gasteiger partial charge in [-0.1, -0.05) is 57.6 Å². The van der Waals surface area contributed by atoms with E-state index in [-0.39, 0.29) is 16.7 Å². The number of aliphatic carboxylic acids is 1. The normalized spacial score (nSPS) is 45.6. The Kier molecular flexibility index (Phi) is 6.86. The minimum absolute atomic E-state index is 0.0154. The summed E-state index contributed by atoms with van der Waals surface area (Å²) in [7, 11) is 0. The number of fused-ring (bicyclic) bond motifs is 7. The van der Waals surface area contributed by atoms with Crippen LogP contribution in [0, 0.1) is 51.8 Å². The molecular weight excluding hydrogens is 458 g/mol. The largest absolute Gasteiger partial charge is 0.478 e. The minimum atomic E-state index is -0.912. The molecule has 0 aromatic rings. The molecule has 0 spiro atoms. The molecule has 5 aliphatic carbocycles. The molecule has 9 atom stereocenters. The first kappa shape index (κ1) is 26.5. The van der Waals surface area contributed by atoms with Gasteiger partial charge < -0.3 is 10.8 Å². The summed E-state index contributed by atoms with van der Waals surface area (Å²) in [5.74, 6) is 2.77. The first-order valence-electron chi connectivity index (χ1n) is 14.8. The van der Waals surface area contributed by atoms with Crippen LogP contribution < -0.4 is 5.73 Å². The van der Waals surface area contributed by atoms with Gasteiger partial charge in [-0.2, -0.15) is 0 Å². The molecule has 202 valence electrons. The molecular formula is C33H47NO3. The minimum Gasteiger partial charge on any atom is -0.478 e. The zero-order valence-electron chi connectivity index (χ0n) is 23.3.